The van der Waals surface area contributed by atoms with Crippen LogP contribution in [0.15, 0.2) is 30.3 Å². The molecule has 0 heterocycles. The van der Waals surface area contributed by atoms with Gasteiger partial charge in [0.05, 0.1) is 6.04 Å². The number of hydrogen-bond acceptors (Lipinski definition) is 6. The van der Waals surface area contributed by atoms with Gasteiger partial charge in [-0.25, -0.2) is 0 Å². The number of carboxylic acid groups (broad SMARTS) is 1. The molecule has 10 heteroatoms. The van der Waals surface area contributed by atoms with Crippen LogP contribution in [-0.2, 0) is 25.6 Å². The van der Waals surface area contributed by atoms with Crippen molar-refractivity contribution in [3.05, 3.63) is 35.9 Å². The van der Waals surface area contributed by atoms with Crippen LogP contribution < -0.4 is 21.7 Å². The summed E-state index contributed by atoms with van der Waals surface area (Å²) in [7, 11) is 0. The SMILES string of the molecule is CCC(C)C(NC(=O)C(Cc1ccccc1)NC(=O)C(N)CCSC)C(=O)NC(C)C(=O)O. The van der Waals surface area contributed by atoms with Crippen LogP contribution in [0.4, 0.5) is 0 Å². The summed E-state index contributed by atoms with van der Waals surface area (Å²) in [6, 6.07) is 5.44. The Morgan fingerprint density at radius 2 is 1.64 bits per heavy atom. The second kappa shape index (κ2) is 14.5. The zero-order valence-electron chi connectivity index (χ0n) is 19.7. The first-order chi connectivity index (χ1) is 15.6. The average Bonchev–Trinajstić information content (AvgIpc) is 2.80. The standard InChI is InChI=1S/C23H36N4O5S/c1-5-14(2)19(22(30)25-15(3)23(31)32)27-21(29)18(13-16-9-7-6-8-10-16)26-20(28)17(24)11-12-33-4/h6-10,14-15,17-19H,5,11-13,24H2,1-4H3,(H,25,30)(H,26,28)(H,27,29)(H,31,32). The normalized spacial score (nSPS) is 15.4. The summed E-state index contributed by atoms with van der Waals surface area (Å²) >= 11 is 1.57. The van der Waals surface area contributed by atoms with E-state index in [2.05, 4.69) is 16.0 Å². The monoisotopic (exact) mass is 480 g/mol. The first-order valence-corrected chi connectivity index (χ1v) is 12.4. The van der Waals surface area contributed by atoms with Gasteiger partial charge in [0.1, 0.15) is 18.1 Å². The molecule has 5 unspecified atom stereocenters. The van der Waals surface area contributed by atoms with E-state index in [9.17, 15) is 19.2 Å². The minimum absolute atomic E-state index is 0.216. The second-order valence-electron chi connectivity index (χ2n) is 8.08. The maximum atomic E-state index is 13.2. The molecule has 0 radical (unpaired) electrons. The Bertz CT molecular complexity index is 792. The number of nitrogens with one attached hydrogen (secondary N) is 3. The van der Waals surface area contributed by atoms with E-state index in [-0.39, 0.29) is 12.3 Å². The Morgan fingerprint density at radius 1 is 1.00 bits per heavy atom. The third-order valence-corrected chi connectivity index (χ3v) is 6.05. The number of rotatable bonds is 14. The fourth-order valence-electron chi connectivity index (χ4n) is 3.03. The Morgan fingerprint density at radius 3 is 2.18 bits per heavy atom. The minimum atomic E-state index is -1.17. The van der Waals surface area contributed by atoms with Crippen molar-refractivity contribution in [3.63, 3.8) is 0 Å². The number of hydrogen-bond donors (Lipinski definition) is 5. The van der Waals surface area contributed by atoms with Crippen LogP contribution in [0, 0.1) is 5.92 Å². The molecule has 1 aromatic rings. The summed E-state index contributed by atoms with van der Waals surface area (Å²) in [5, 5.41) is 16.9. The van der Waals surface area contributed by atoms with E-state index in [0.717, 1.165) is 5.56 Å². The lowest BCUT2D eigenvalue weighted by atomic mass is 9.96. The molecule has 0 saturated carbocycles. The lowest BCUT2D eigenvalue weighted by Gasteiger charge is -2.27. The number of aliphatic carboxylic acids is 1. The minimum Gasteiger partial charge on any atom is -0.480 e. The maximum Gasteiger partial charge on any atom is 0.325 e. The highest BCUT2D eigenvalue weighted by Gasteiger charge is 2.32. The number of carboxylic acids is 1. The van der Waals surface area contributed by atoms with Gasteiger partial charge in [0, 0.05) is 6.42 Å². The average molecular weight is 481 g/mol. The van der Waals surface area contributed by atoms with Gasteiger partial charge in [0.25, 0.3) is 0 Å². The quantitative estimate of drug-likeness (QED) is 0.266. The van der Waals surface area contributed by atoms with Crippen molar-refractivity contribution < 1.29 is 24.3 Å². The van der Waals surface area contributed by atoms with Crippen molar-refractivity contribution in [2.24, 2.45) is 11.7 Å². The number of carbonyl (C=O) groups is 4. The van der Waals surface area contributed by atoms with Gasteiger partial charge in [-0.3, -0.25) is 19.2 Å². The van der Waals surface area contributed by atoms with Gasteiger partial charge in [0.2, 0.25) is 17.7 Å². The van der Waals surface area contributed by atoms with E-state index < -0.39 is 47.9 Å². The Labute approximate surface area is 199 Å². The fraction of sp³-hybridized carbons (Fsp3) is 0.565. The number of amides is 3. The summed E-state index contributed by atoms with van der Waals surface area (Å²) < 4.78 is 0. The van der Waals surface area contributed by atoms with Crippen molar-refractivity contribution in [1.82, 2.24) is 16.0 Å². The molecule has 6 N–H and O–H groups in total. The summed E-state index contributed by atoms with van der Waals surface area (Å²) in [5.41, 5.74) is 6.80. The first kappa shape index (κ1) is 28.4. The van der Waals surface area contributed by atoms with Crippen LogP contribution in [-0.4, -0.2) is 65.0 Å². The molecular weight excluding hydrogens is 444 g/mol. The zero-order chi connectivity index (χ0) is 25.0. The molecule has 33 heavy (non-hydrogen) atoms. The third-order valence-electron chi connectivity index (χ3n) is 5.41. The predicted molar refractivity (Wildman–Crippen MR) is 130 cm³/mol. The smallest absolute Gasteiger partial charge is 0.325 e. The van der Waals surface area contributed by atoms with Gasteiger partial charge in [0.15, 0.2) is 0 Å². The van der Waals surface area contributed by atoms with Crippen molar-refractivity contribution in [2.75, 3.05) is 12.0 Å². The van der Waals surface area contributed by atoms with Gasteiger partial charge in [-0.2, -0.15) is 11.8 Å². The number of carbonyl (C=O) groups excluding carboxylic acids is 3. The molecule has 1 aromatic carbocycles. The van der Waals surface area contributed by atoms with Crippen LogP contribution in [0.5, 0.6) is 0 Å². The highest BCUT2D eigenvalue weighted by molar-refractivity contribution is 7.98. The number of nitrogens with two attached hydrogens (primary N) is 1. The molecule has 0 bridgehead atoms. The molecule has 0 aliphatic rings. The van der Waals surface area contributed by atoms with E-state index >= 15 is 0 Å². The predicted octanol–water partition coefficient (Wildman–Crippen LogP) is 0.915. The van der Waals surface area contributed by atoms with Crippen molar-refractivity contribution in [1.29, 1.82) is 0 Å². The van der Waals surface area contributed by atoms with E-state index in [1.165, 1.54) is 6.92 Å². The first-order valence-electron chi connectivity index (χ1n) is 11.0. The van der Waals surface area contributed by atoms with Crippen LogP contribution in [0.3, 0.4) is 0 Å². The Hall–Kier alpha value is -2.59. The van der Waals surface area contributed by atoms with E-state index in [0.29, 0.717) is 18.6 Å². The van der Waals surface area contributed by atoms with E-state index in [1.54, 1.807) is 18.7 Å². The zero-order valence-corrected chi connectivity index (χ0v) is 20.5. The highest BCUT2D eigenvalue weighted by Crippen LogP contribution is 2.11. The lowest BCUT2D eigenvalue weighted by Crippen LogP contribution is -2.58. The van der Waals surface area contributed by atoms with Gasteiger partial charge >= 0.3 is 5.97 Å². The van der Waals surface area contributed by atoms with Gasteiger partial charge in [-0.1, -0.05) is 50.6 Å². The molecule has 184 valence electrons. The summed E-state index contributed by atoms with van der Waals surface area (Å²) in [5.74, 6) is -2.29. The van der Waals surface area contributed by atoms with Crippen molar-refractivity contribution >= 4 is 35.5 Å². The molecular formula is C23H36N4O5S. The molecule has 5 atom stereocenters. The fourth-order valence-corrected chi connectivity index (χ4v) is 3.52. The molecule has 9 nitrogen and oxygen atoms in total. The van der Waals surface area contributed by atoms with Crippen LogP contribution in [0.1, 0.15) is 39.2 Å². The van der Waals surface area contributed by atoms with Gasteiger partial charge < -0.3 is 26.8 Å². The summed E-state index contributed by atoms with van der Waals surface area (Å²) in [6.07, 6.45) is 3.18. The molecule has 1 rings (SSSR count). The van der Waals surface area contributed by atoms with Crippen LogP contribution in [0.2, 0.25) is 0 Å². The summed E-state index contributed by atoms with van der Waals surface area (Å²) in [6.45, 7) is 5.01. The van der Waals surface area contributed by atoms with Crippen molar-refractivity contribution in [3.8, 4) is 0 Å². The van der Waals surface area contributed by atoms with Crippen molar-refractivity contribution in [2.45, 2.75) is 64.2 Å². The molecule has 0 fully saturated rings. The molecule has 0 aliphatic carbocycles. The van der Waals surface area contributed by atoms with Crippen LogP contribution in [0.25, 0.3) is 0 Å². The lowest BCUT2D eigenvalue weighted by molar-refractivity contribution is -0.142. The Balaban J connectivity index is 3.05. The van der Waals surface area contributed by atoms with E-state index in [4.69, 9.17) is 10.8 Å². The van der Waals surface area contributed by atoms with Gasteiger partial charge in [-0.05, 0) is 36.8 Å². The van der Waals surface area contributed by atoms with Gasteiger partial charge in [-0.15, -0.1) is 0 Å². The Kier molecular flexibility index (Phi) is 12.5. The number of thioether (sulfide) groups is 1. The largest absolute Gasteiger partial charge is 0.480 e. The topological polar surface area (TPSA) is 151 Å². The summed E-state index contributed by atoms with van der Waals surface area (Å²) in [4.78, 5) is 49.7. The third kappa shape index (κ3) is 9.83. The maximum absolute atomic E-state index is 13.2. The number of benzene rings is 1. The molecule has 0 spiro atoms. The molecule has 0 saturated heterocycles. The molecule has 0 aromatic heterocycles. The van der Waals surface area contributed by atoms with Crippen LogP contribution >= 0.6 is 11.8 Å². The molecule has 0 aliphatic heterocycles. The highest BCUT2D eigenvalue weighted by atomic mass is 32.2. The van der Waals surface area contributed by atoms with E-state index in [1.807, 2.05) is 43.5 Å². The molecule has 3 amide bonds. The second-order valence-corrected chi connectivity index (χ2v) is 9.06.